The van der Waals surface area contributed by atoms with Gasteiger partial charge in [0.25, 0.3) is 0 Å². The van der Waals surface area contributed by atoms with Crippen LogP contribution in [-0.2, 0) is 0 Å². The van der Waals surface area contributed by atoms with Crippen molar-refractivity contribution in [2.75, 3.05) is 5.75 Å². The van der Waals surface area contributed by atoms with E-state index in [1.54, 1.807) is 11.8 Å². The van der Waals surface area contributed by atoms with Gasteiger partial charge in [-0.1, -0.05) is 41.4 Å². The van der Waals surface area contributed by atoms with E-state index in [9.17, 15) is 0 Å². The van der Waals surface area contributed by atoms with Crippen molar-refractivity contribution < 1.29 is 0 Å². The Morgan fingerprint density at radius 3 is 2.33 bits per heavy atom. The molecule has 94 valence electrons. The van der Waals surface area contributed by atoms with Gasteiger partial charge in [0, 0.05) is 26.7 Å². The van der Waals surface area contributed by atoms with Gasteiger partial charge in [-0.25, -0.2) is 0 Å². The van der Waals surface area contributed by atoms with Crippen molar-refractivity contribution in [1.82, 2.24) is 0 Å². The third-order valence-corrected chi connectivity index (χ3v) is 4.28. The number of thioether (sulfide) groups is 1. The zero-order valence-electron chi connectivity index (χ0n) is 9.64. The zero-order chi connectivity index (χ0) is 13.0. The summed E-state index contributed by atoms with van der Waals surface area (Å²) in [7, 11) is 0. The van der Waals surface area contributed by atoms with Gasteiger partial charge in [-0.15, -0.1) is 11.8 Å². The van der Waals surface area contributed by atoms with E-state index in [1.165, 1.54) is 0 Å². The van der Waals surface area contributed by atoms with Crippen LogP contribution < -0.4 is 5.73 Å². The van der Waals surface area contributed by atoms with E-state index in [0.29, 0.717) is 0 Å². The van der Waals surface area contributed by atoms with Gasteiger partial charge in [0.1, 0.15) is 0 Å². The van der Waals surface area contributed by atoms with Crippen LogP contribution in [0.1, 0.15) is 11.6 Å². The number of rotatable bonds is 4. The molecule has 2 aromatic rings. The highest BCUT2D eigenvalue weighted by atomic mass is 35.5. The third-order valence-electron chi connectivity index (χ3n) is 2.55. The SMILES string of the molecule is NC(CSc1ccc(Cl)cc1)c1ccccc1Cl. The summed E-state index contributed by atoms with van der Waals surface area (Å²) in [5.41, 5.74) is 7.13. The second-order valence-corrected chi connectivity index (χ2v) is 5.83. The van der Waals surface area contributed by atoms with E-state index in [1.807, 2.05) is 48.5 Å². The quantitative estimate of drug-likeness (QED) is 0.822. The van der Waals surface area contributed by atoms with Crippen LogP contribution in [0.4, 0.5) is 0 Å². The van der Waals surface area contributed by atoms with Gasteiger partial charge in [0.2, 0.25) is 0 Å². The summed E-state index contributed by atoms with van der Waals surface area (Å²) in [4.78, 5) is 1.15. The van der Waals surface area contributed by atoms with Crippen LogP contribution in [0.15, 0.2) is 53.4 Å². The second-order valence-electron chi connectivity index (χ2n) is 3.89. The number of halogens is 2. The van der Waals surface area contributed by atoms with Gasteiger partial charge >= 0.3 is 0 Å². The Balaban J connectivity index is 1.98. The molecule has 18 heavy (non-hydrogen) atoms. The molecule has 1 nitrogen and oxygen atoms in total. The minimum atomic E-state index is -0.0700. The normalized spacial score (nSPS) is 12.4. The molecule has 0 amide bonds. The lowest BCUT2D eigenvalue weighted by atomic mass is 10.1. The highest BCUT2D eigenvalue weighted by Gasteiger charge is 2.09. The smallest absolute Gasteiger partial charge is 0.0454 e. The molecule has 0 bridgehead atoms. The van der Waals surface area contributed by atoms with Crippen molar-refractivity contribution in [2.24, 2.45) is 5.73 Å². The van der Waals surface area contributed by atoms with Crippen LogP contribution in [0.5, 0.6) is 0 Å². The van der Waals surface area contributed by atoms with Gasteiger partial charge in [-0.05, 0) is 35.9 Å². The first-order valence-electron chi connectivity index (χ1n) is 5.55. The highest BCUT2D eigenvalue weighted by molar-refractivity contribution is 7.99. The van der Waals surface area contributed by atoms with Gasteiger partial charge in [-0.3, -0.25) is 0 Å². The van der Waals surface area contributed by atoms with Crippen molar-refractivity contribution in [1.29, 1.82) is 0 Å². The Kier molecular flexibility index (Phi) is 4.95. The highest BCUT2D eigenvalue weighted by Crippen LogP contribution is 2.27. The molecule has 2 rings (SSSR count). The van der Waals surface area contributed by atoms with E-state index in [4.69, 9.17) is 28.9 Å². The molecule has 0 aliphatic heterocycles. The fraction of sp³-hybridized carbons (Fsp3) is 0.143. The molecule has 0 aromatic heterocycles. The lowest BCUT2D eigenvalue weighted by Crippen LogP contribution is -2.13. The van der Waals surface area contributed by atoms with E-state index < -0.39 is 0 Å². The molecule has 0 fully saturated rings. The van der Waals surface area contributed by atoms with Gasteiger partial charge in [0.15, 0.2) is 0 Å². The minimum absolute atomic E-state index is 0.0700. The van der Waals surface area contributed by atoms with Crippen molar-refractivity contribution in [3.8, 4) is 0 Å². The summed E-state index contributed by atoms with van der Waals surface area (Å²) in [5, 5.41) is 1.47. The minimum Gasteiger partial charge on any atom is -0.323 e. The molecule has 0 aliphatic rings. The maximum absolute atomic E-state index is 6.14. The molecular weight excluding hydrogens is 285 g/mol. The van der Waals surface area contributed by atoms with Crippen LogP contribution in [0.25, 0.3) is 0 Å². The van der Waals surface area contributed by atoms with Crippen molar-refractivity contribution in [2.45, 2.75) is 10.9 Å². The first-order chi connectivity index (χ1) is 8.66. The fourth-order valence-corrected chi connectivity index (χ4v) is 2.86. The van der Waals surface area contributed by atoms with Crippen molar-refractivity contribution in [3.05, 3.63) is 64.1 Å². The Bertz CT molecular complexity index is 513. The van der Waals surface area contributed by atoms with E-state index in [2.05, 4.69) is 0 Å². The molecule has 0 spiro atoms. The van der Waals surface area contributed by atoms with E-state index in [0.717, 1.165) is 26.3 Å². The monoisotopic (exact) mass is 297 g/mol. The van der Waals surface area contributed by atoms with E-state index in [-0.39, 0.29) is 6.04 Å². The molecule has 0 saturated heterocycles. The molecule has 0 heterocycles. The summed E-state index contributed by atoms with van der Waals surface area (Å²) in [6.45, 7) is 0. The standard InChI is InChI=1S/C14H13Cl2NS/c15-10-5-7-11(8-6-10)18-9-14(17)12-3-1-2-4-13(12)16/h1-8,14H,9,17H2. The van der Waals surface area contributed by atoms with Gasteiger partial charge in [-0.2, -0.15) is 0 Å². The number of hydrogen-bond donors (Lipinski definition) is 1. The van der Waals surface area contributed by atoms with Crippen molar-refractivity contribution >= 4 is 35.0 Å². The average Bonchev–Trinajstić information content (AvgIpc) is 2.38. The maximum atomic E-state index is 6.14. The molecule has 0 aliphatic carbocycles. The Morgan fingerprint density at radius 1 is 1.00 bits per heavy atom. The molecule has 2 N–H and O–H groups in total. The molecular formula is C14H13Cl2NS. The Hall–Kier alpha value is -0.670. The molecule has 1 atom stereocenters. The first-order valence-corrected chi connectivity index (χ1v) is 7.29. The van der Waals surface area contributed by atoms with Crippen LogP contribution in [-0.4, -0.2) is 5.75 Å². The molecule has 4 heteroatoms. The second kappa shape index (κ2) is 6.48. The summed E-state index contributed by atoms with van der Waals surface area (Å²) in [5.74, 6) is 0.783. The molecule has 1 unspecified atom stereocenters. The van der Waals surface area contributed by atoms with Crippen LogP contribution in [0.2, 0.25) is 10.0 Å². The zero-order valence-corrected chi connectivity index (χ0v) is 12.0. The Labute approximate surface area is 121 Å². The lowest BCUT2D eigenvalue weighted by Gasteiger charge is -2.13. The van der Waals surface area contributed by atoms with Crippen molar-refractivity contribution in [3.63, 3.8) is 0 Å². The maximum Gasteiger partial charge on any atom is 0.0454 e. The summed E-state index contributed by atoms with van der Waals surface area (Å²) >= 11 is 13.7. The van der Waals surface area contributed by atoms with Crippen LogP contribution in [0.3, 0.4) is 0 Å². The predicted molar refractivity (Wildman–Crippen MR) is 80.6 cm³/mol. The van der Waals surface area contributed by atoms with Gasteiger partial charge in [0.05, 0.1) is 0 Å². The number of benzene rings is 2. The molecule has 2 aromatic carbocycles. The topological polar surface area (TPSA) is 26.0 Å². The third kappa shape index (κ3) is 3.66. The van der Waals surface area contributed by atoms with Gasteiger partial charge < -0.3 is 5.73 Å². The predicted octanol–water partition coefficient (Wildman–Crippen LogP) is 4.79. The largest absolute Gasteiger partial charge is 0.323 e. The Morgan fingerprint density at radius 2 is 1.67 bits per heavy atom. The van der Waals surface area contributed by atoms with Crippen LogP contribution in [0, 0.1) is 0 Å². The first kappa shape index (κ1) is 13.8. The summed E-state index contributed by atoms with van der Waals surface area (Å²) in [6.07, 6.45) is 0. The average molecular weight is 298 g/mol. The number of nitrogens with two attached hydrogens (primary N) is 1. The summed E-state index contributed by atoms with van der Waals surface area (Å²) in [6, 6.07) is 15.4. The van der Waals surface area contributed by atoms with E-state index >= 15 is 0 Å². The molecule has 0 radical (unpaired) electrons. The molecule has 0 saturated carbocycles. The summed E-state index contributed by atoms with van der Waals surface area (Å²) < 4.78 is 0. The fourth-order valence-electron chi connectivity index (χ4n) is 1.58. The lowest BCUT2D eigenvalue weighted by molar-refractivity contribution is 0.831. The number of hydrogen-bond acceptors (Lipinski definition) is 2. The van der Waals surface area contributed by atoms with Crippen LogP contribution >= 0.6 is 35.0 Å².